The van der Waals surface area contributed by atoms with Crippen molar-refractivity contribution in [3.05, 3.63) is 466 Å². The molecule has 0 amide bonds. The van der Waals surface area contributed by atoms with E-state index in [9.17, 15) is 21.0 Å². The second-order valence-electron chi connectivity index (χ2n) is 39.3. The molecule has 4 heterocycles. The third-order valence-electron chi connectivity index (χ3n) is 29.2. The number of nitrogens with zero attached hydrogens (tertiary/aromatic N) is 8. The van der Waals surface area contributed by atoms with Crippen molar-refractivity contribution in [2.24, 2.45) is 0 Å². The smallest absolute Gasteiger partial charge is 0.308 e. The third kappa shape index (κ3) is 16.0. The fourth-order valence-corrected chi connectivity index (χ4v) is 22.5. The standard InChI is InChI=1S/C134H88F6N8/c1-77-16-9-23-89(46-77)97-34-42-118-113(64-97)114-65-98(90-24-10-17-78(2)47-90)35-43-119(114)145(118)125-58-87(75-143)59-126(130(125)105-54-85(73-141)56-107(62-105)133(135,136)137)146-120-44-36-99(91-25-11-18-79(3)48-91)66-115(120)116-67-100(37-45-121(116)146)96-30-38-109(84(8)53-96)117-68-104(95-29-15-22-83(7)52-95)72-129-132(117)112-41-33-103(94-28-14-21-82(6)51-94)71-124(112)148(129)128-61-88(76-144)60-127(131(128)106-55-86(74-142)57-108(63-106)134(138,139)140)147-122-69-101(92-26-12-19-80(4)49-92)31-39-110(122)111-40-32-102(70-123(111)147)93-27-13-20-81(5)50-93/h9-72H,1-8H3. The predicted molar refractivity (Wildman–Crippen MR) is 590 cm³/mol. The van der Waals surface area contributed by atoms with E-state index in [-0.39, 0.29) is 33.4 Å². The maximum atomic E-state index is 16.2. The van der Waals surface area contributed by atoms with E-state index in [1.54, 1.807) is 24.3 Å². The molecular weight excluding hydrogens is 1840 g/mol. The monoisotopic (exact) mass is 1920 g/mol. The summed E-state index contributed by atoms with van der Waals surface area (Å²) in [4.78, 5) is 0. The number of fused-ring (bicyclic) bond motifs is 12. The van der Waals surface area contributed by atoms with Gasteiger partial charge in [0.25, 0.3) is 0 Å². The SMILES string of the molecule is Cc1cccc(-c2ccc3c(c2)c2cc(-c4cccc(C)c4)ccc2n3-c2cc(C#N)cc(-n3c4ccc(-c5cccc(C)c5)cc4c4cc(-c5ccc(-c6cc(-c7cccc(C)c7)cc7c6c6ccc(-c8cccc(C)c8)cc6n7-c6cc(C#N)cc(-n7c8cc(-c9cccc(C)c9)ccc8c8ccc(-c9cccc(C)c9)cc87)c6-c6cc(C#N)cc(C(F)(F)F)c6)c(C)c5)ccc43)c2-c2cc(C#N)cc(C(F)(F)F)c2)c1. The number of hydrogen-bond donors (Lipinski definition) is 0. The predicted octanol–water partition coefficient (Wildman–Crippen LogP) is 36.4. The molecule has 148 heavy (non-hydrogen) atoms. The molecule has 20 aromatic carbocycles. The van der Waals surface area contributed by atoms with Crippen molar-refractivity contribution in [1.82, 2.24) is 18.3 Å². The van der Waals surface area contributed by atoms with Crippen LogP contribution in [0.4, 0.5) is 26.3 Å². The first-order valence-electron chi connectivity index (χ1n) is 49.0. The third-order valence-corrected chi connectivity index (χ3v) is 29.2. The maximum Gasteiger partial charge on any atom is 0.416 e. The first-order chi connectivity index (χ1) is 71.6. The van der Waals surface area contributed by atoms with Crippen LogP contribution in [0.3, 0.4) is 0 Å². The number of rotatable bonds is 15. The Labute approximate surface area is 850 Å². The summed E-state index contributed by atoms with van der Waals surface area (Å²) in [5, 5.41) is 52.4. The highest BCUT2D eigenvalue weighted by molar-refractivity contribution is 6.20. The van der Waals surface area contributed by atoms with Crippen LogP contribution in [0.5, 0.6) is 0 Å². The maximum absolute atomic E-state index is 16.2. The average Bonchev–Trinajstić information content (AvgIpc) is 1.55. The first-order valence-corrected chi connectivity index (χ1v) is 49.0. The van der Waals surface area contributed by atoms with Crippen molar-refractivity contribution >= 4 is 87.2 Å². The van der Waals surface area contributed by atoms with Crippen LogP contribution in [0.1, 0.15) is 77.9 Å². The van der Waals surface area contributed by atoms with Crippen molar-refractivity contribution in [2.45, 2.75) is 67.7 Å². The van der Waals surface area contributed by atoms with Crippen LogP contribution < -0.4 is 0 Å². The molecule has 14 heteroatoms. The van der Waals surface area contributed by atoms with E-state index in [1.165, 1.54) is 12.1 Å². The highest BCUT2D eigenvalue weighted by atomic mass is 19.4. The molecule has 4 aromatic heterocycles. The molecule has 24 aromatic rings. The summed E-state index contributed by atoms with van der Waals surface area (Å²) in [6, 6.07) is 136. The molecule has 0 unspecified atom stereocenters. The van der Waals surface area contributed by atoms with E-state index in [4.69, 9.17) is 0 Å². The molecule has 0 N–H and O–H groups in total. The zero-order valence-corrected chi connectivity index (χ0v) is 81.8. The Morgan fingerprint density at radius 3 is 0.743 bits per heavy atom. The molecule has 0 aliphatic rings. The number of halogens is 6. The fraction of sp³-hybridized carbons (Fsp3) is 0.0746. The van der Waals surface area contributed by atoms with Gasteiger partial charge in [-0.15, -0.1) is 0 Å². The number of nitriles is 4. The van der Waals surface area contributed by atoms with Gasteiger partial charge in [-0.2, -0.15) is 47.4 Å². The Morgan fingerprint density at radius 2 is 0.439 bits per heavy atom. The van der Waals surface area contributed by atoms with E-state index in [2.05, 4.69) is 294 Å². The molecule has 8 nitrogen and oxygen atoms in total. The number of benzene rings is 20. The summed E-state index contributed by atoms with van der Waals surface area (Å²) in [5.41, 5.74) is 30.2. The Kier molecular flexibility index (Phi) is 22.0. The van der Waals surface area contributed by atoms with Crippen LogP contribution in [0.15, 0.2) is 388 Å². The van der Waals surface area contributed by atoms with Crippen LogP contribution >= 0.6 is 0 Å². The molecule has 0 bridgehead atoms. The number of alkyl halides is 6. The quantitative estimate of drug-likeness (QED) is 0.0951. The van der Waals surface area contributed by atoms with Gasteiger partial charge < -0.3 is 18.3 Å². The van der Waals surface area contributed by atoms with Gasteiger partial charge in [0, 0.05) is 54.2 Å². The van der Waals surface area contributed by atoms with Gasteiger partial charge in [0.2, 0.25) is 0 Å². The molecule has 24 rings (SSSR count). The summed E-state index contributed by atoms with van der Waals surface area (Å²) in [6.07, 6.45) is -9.83. The second kappa shape index (κ2) is 35.6. The Hall–Kier alpha value is -18.9. The first kappa shape index (κ1) is 91.6. The van der Waals surface area contributed by atoms with Crippen molar-refractivity contribution in [3.8, 4) is 169 Å². The van der Waals surface area contributed by atoms with Crippen molar-refractivity contribution in [3.63, 3.8) is 0 Å². The molecule has 0 radical (unpaired) electrons. The number of aryl methyl sites for hydroxylation is 8. The normalized spacial score (nSPS) is 11.8. The van der Waals surface area contributed by atoms with Crippen molar-refractivity contribution in [2.75, 3.05) is 0 Å². The van der Waals surface area contributed by atoms with Crippen LogP contribution in [0.25, 0.3) is 232 Å². The molecule has 0 fully saturated rings. The lowest BCUT2D eigenvalue weighted by atomic mass is 9.90. The molecule has 0 atom stereocenters. The molecule has 0 aliphatic heterocycles. The van der Waals surface area contributed by atoms with E-state index in [1.807, 2.05) is 132 Å². The Morgan fingerprint density at radius 1 is 0.189 bits per heavy atom. The summed E-state index contributed by atoms with van der Waals surface area (Å²) < 4.78 is 105. The molecule has 0 saturated heterocycles. The van der Waals surface area contributed by atoms with Gasteiger partial charge in [0.15, 0.2) is 0 Å². The zero-order valence-electron chi connectivity index (χ0n) is 81.8. The minimum Gasteiger partial charge on any atom is -0.308 e. The lowest BCUT2D eigenvalue weighted by Crippen LogP contribution is -2.08. The topological polar surface area (TPSA) is 115 Å². The Bertz CT molecular complexity index is 9800. The van der Waals surface area contributed by atoms with Gasteiger partial charge in [-0.25, -0.2) is 0 Å². The van der Waals surface area contributed by atoms with Crippen LogP contribution in [0, 0.1) is 101 Å². The van der Waals surface area contributed by atoms with Crippen molar-refractivity contribution in [1.29, 1.82) is 21.0 Å². The number of aromatic nitrogens is 4. The average molecular weight is 1920 g/mol. The van der Waals surface area contributed by atoms with E-state index in [0.717, 1.165) is 223 Å². The van der Waals surface area contributed by atoms with Gasteiger partial charge in [-0.3, -0.25) is 0 Å². The van der Waals surface area contributed by atoms with E-state index in [0.29, 0.717) is 67.0 Å². The van der Waals surface area contributed by atoms with E-state index >= 15 is 26.3 Å². The molecule has 0 spiro atoms. The van der Waals surface area contributed by atoms with Crippen LogP contribution in [0.2, 0.25) is 0 Å². The minimum absolute atomic E-state index is 0.0791. The fourth-order valence-electron chi connectivity index (χ4n) is 22.5. The van der Waals surface area contributed by atoms with Crippen molar-refractivity contribution < 1.29 is 26.3 Å². The zero-order chi connectivity index (χ0) is 102. The lowest BCUT2D eigenvalue weighted by molar-refractivity contribution is -0.138. The second-order valence-corrected chi connectivity index (χ2v) is 39.3. The van der Waals surface area contributed by atoms with Gasteiger partial charge >= 0.3 is 12.4 Å². The van der Waals surface area contributed by atoms with Gasteiger partial charge in [-0.05, 0) is 312 Å². The summed E-state index contributed by atoms with van der Waals surface area (Å²) in [7, 11) is 0. The molecular formula is C134H88F6N8. The highest BCUT2D eigenvalue weighted by Crippen LogP contribution is 2.53. The number of hydrogen-bond acceptors (Lipinski definition) is 4. The van der Waals surface area contributed by atoms with Crippen LogP contribution in [-0.4, -0.2) is 18.3 Å². The molecule has 0 aliphatic carbocycles. The highest BCUT2D eigenvalue weighted by Gasteiger charge is 2.37. The summed E-state index contributed by atoms with van der Waals surface area (Å²) >= 11 is 0. The minimum atomic E-state index is -4.93. The molecule has 0 saturated carbocycles. The van der Waals surface area contributed by atoms with Gasteiger partial charge in [0.05, 0.1) is 125 Å². The largest absolute Gasteiger partial charge is 0.416 e. The van der Waals surface area contributed by atoms with Gasteiger partial charge in [0.1, 0.15) is 0 Å². The van der Waals surface area contributed by atoms with E-state index < -0.39 is 23.5 Å². The summed E-state index contributed by atoms with van der Waals surface area (Å²) in [5.74, 6) is 0. The lowest BCUT2D eigenvalue weighted by Gasteiger charge is -2.22. The summed E-state index contributed by atoms with van der Waals surface area (Å²) in [6.45, 7) is 16.4. The van der Waals surface area contributed by atoms with Gasteiger partial charge in [-0.1, -0.05) is 288 Å². The Balaban J connectivity index is 0.759. The molecule has 706 valence electrons. The van der Waals surface area contributed by atoms with Crippen LogP contribution in [-0.2, 0) is 12.4 Å².